The molecule has 1 aliphatic carbocycles. The van der Waals surface area contributed by atoms with Crippen molar-refractivity contribution in [2.45, 2.75) is 18.9 Å². The first-order valence-corrected chi connectivity index (χ1v) is 5.81. The molecule has 78 valence electrons. The highest BCUT2D eigenvalue weighted by molar-refractivity contribution is 9.10. The van der Waals surface area contributed by atoms with Crippen molar-refractivity contribution >= 4 is 21.6 Å². The predicted octanol–water partition coefficient (Wildman–Crippen LogP) is 1.90. The summed E-state index contributed by atoms with van der Waals surface area (Å²) < 4.78 is 2.77. The van der Waals surface area contributed by atoms with E-state index in [1.807, 2.05) is 18.3 Å². The number of hydrogen-bond acceptors (Lipinski definition) is 3. The maximum atomic E-state index is 6.05. The second-order valence-electron chi connectivity index (χ2n) is 3.98. The number of halogens is 1. The Bertz CT molecular complexity index is 503. The van der Waals surface area contributed by atoms with Gasteiger partial charge in [0.15, 0.2) is 11.5 Å². The molecule has 1 aliphatic rings. The molecule has 0 saturated heterocycles. The monoisotopic (exact) mass is 266 g/mol. The van der Waals surface area contributed by atoms with Gasteiger partial charge in [-0.15, -0.1) is 5.10 Å². The zero-order valence-corrected chi connectivity index (χ0v) is 9.68. The summed E-state index contributed by atoms with van der Waals surface area (Å²) in [6, 6.07) is 3.88. The quantitative estimate of drug-likeness (QED) is 0.904. The lowest BCUT2D eigenvalue weighted by Gasteiger charge is -2.02. The van der Waals surface area contributed by atoms with Gasteiger partial charge in [-0.05, 0) is 30.9 Å². The van der Waals surface area contributed by atoms with Crippen molar-refractivity contribution in [1.82, 2.24) is 14.6 Å². The van der Waals surface area contributed by atoms with Crippen LogP contribution in [0.5, 0.6) is 0 Å². The Labute approximate surface area is 95.6 Å². The van der Waals surface area contributed by atoms with Crippen molar-refractivity contribution in [1.29, 1.82) is 0 Å². The summed E-state index contributed by atoms with van der Waals surface area (Å²) in [4.78, 5) is 4.43. The van der Waals surface area contributed by atoms with Crippen LogP contribution in [0.25, 0.3) is 5.65 Å². The number of hydrogen-bond donors (Lipinski definition) is 1. The number of fused-ring (bicyclic) bond motifs is 1. The van der Waals surface area contributed by atoms with E-state index >= 15 is 0 Å². The first kappa shape index (κ1) is 9.30. The lowest BCUT2D eigenvalue weighted by atomic mass is 10.2. The minimum Gasteiger partial charge on any atom is -0.321 e. The Morgan fingerprint density at radius 2 is 2.33 bits per heavy atom. The molecule has 3 rings (SSSR count). The highest BCUT2D eigenvalue weighted by Crippen LogP contribution is 2.38. The van der Waals surface area contributed by atoms with Crippen LogP contribution in [0.15, 0.2) is 22.8 Å². The van der Waals surface area contributed by atoms with Gasteiger partial charge >= 0.3 is 0 Å². The molecule has 0 spiro atoms. The lowest BCUT2D eigenvalue weighted by Crippen LogP contribution is -2.14. The largest absolute Gasteiger partial charge is 0.321 e. The number of nitrogens with zero attached hydrogens (tertiary/aromatic N) is 3. The van der Waals surface area contributed by atoms with Crippen molar-refractivity contribution in [2.75, 3.05) is 0 Å². The molecule has 0 bridgehead atoms. The van der Waals surface area contributed by atoms with Crippen molar-refractivity contribution in [3.8, 4) is 0 Å². The van der Waals surface area contributed by atoms with Crippen LogP contribution in [0.2, 0.25) is 0 Å². The summed E-state index contributed by atoms with van der Waals surface area (Å²) in [5.74, 6) is 1.35. The van der Waals surface area contributed by atoms with E-state index in [1.165, 1.54) is 12.8 Å². The Morgan fingerprint density at radius 3 is 3.07 bits per heavy atom. The van der Waals surface area contributed by atoms with E-state index in [0.717, 1.165) is 15.9 Å². The Balaban J connectivity index is 2.05. The van der Waals surface area contributed by atoms with E-state index in [1.54, 1.807) is 4.52 Å². The van der Waals surface area contributed by atoms with Gasteiger partial charge < -0.3 is 5.73 Å². The van der Waals surface area contributed by atoms with Crippen LogP contribution in [-0.2, 0) is 0 Å². The molecule has 2 N–H and O–H groups in total. The number of aromatic nitrogens is 3. The van der Waals surface area contributed by atoms with Crippen LogP contribution < -0.4 is 5.73 Å². The molecular weight excluding hydrogens is 256 g/mol. The molecule has 2 heterocycles. The molecule has 4 nitrogen and oxygen atoms in total. The third-order valence-corrected chi connectivity index (χ3v) is 3.24. The fourth-order valence-electron chi connectivity index (χ4n) is 1.68. The SMILES string of the molecule is NC(c1nc2cc(Br)ccn2n1)C1CC1. The van der Waals surface area contributed by atoms with E-state index in [4.69, 9.17) is 5.73 Å². The summed E-state index contributed by atoms with van der Waals surface area (Å²) in [6.07, 6.45) is 4.30. The summed E-state index contributed by atoms with van der Waals surface area (Å²) in [5.41, 5.74) is 6.90. The molecule has 0 aromatic carbocycles. The molecular formula is C10H11BrN4. The van der Waals surface area contributed by atoms with Crippen molar-refractivity contribution in [3.63, 3.8) is 0 Å². The van der Waals surface area contributed by atoms with Gasteiger partial charge in [0, 0.05) is 10.7 Å². The molecule has 2 aromatic rings. The summed E-state index contributed by atoms with van der Waals surface area (Å²) in [6.45, 7) is 0. The standard InChI is InChI=1S/C10H11BrN4/c11-7-3-4-15-8(5-7)13-10(14-15)9(12)6-1-2-6/h3-6,9H,1-2,12H2. The number of nitrogens with two attached hydrogens (primary N) is 1. The van der Waals surface area contributed by atoms with Crippen molar-refractivity contribution < 1.29 is 0 Å². The molecule has 0 aliphatic heterocycles. The molecule has 0 amide bonds. The van der Waals surface area contributed by atoms with E-state index in [2.05, 4.69) is 26.0 Å². The Morgan fingerprint density at radius 1 is 1.53 bits per heavy atom. The van der Waals surface area contributed by atoms with Gasteiger partial charge in [-0.1, -0.05) is 15.9 Å². The third kappa shape index (κ3) is 1.66. The van der Waals surface area contributed by atoms with Gasteiger partial charge in [-0.3, -0.25) is 0 Å². The van der Waals surface area contributed by atoms with Gasteiger partial charge in [0.25, 0.3) is 0 Å². The van der Waals surface area contributed by atoms with Gasteiger partial charge in [-0.2, -0.15) is 0 Å². The highest BCUT2D eigenvalue weighted by atomic mass is 79.9. The van der Waals surface area contributed by atoms with E-state index < -0.39 is 0 Å². The van der Waals surface area contributed by atoms with E-state index in [9.17, 15) is 0 Å². The Kier molecular flexibility index (Phi) is 2.03. The molecule has 2 aromatic heterocycles. The van der Waals surface area contributed by atoms with Gasteiger partial charge in [-0.25, -0.2) is 9.50 Å². The first-order chi connectivity index (χ1) is 7.24. The van der Waals surface area contributed by atoms with Gasteiger partial charge in [0.2, 0.25) is 0 Å². The van der Waals surface area contributed by atoms with Crippen LogP contribution >= 0.6 is 15.9 Å². The molecule has 15 heavy (non-hydrogen) atoms. The average molecular weight is 267 g/mol. The van der Waals surface area contributed by atoms with Crippen molar-refractivity contribution in [3.05, 3.63) is 28.6 Å². The minimum atomic E-state index is 0.00340. The average Bonchev–Trinajstić information content (AvgIpc) is 2.97. The summed E-state index contributed by atoms with van der Waals surface area (Å²) in [7, 11) is 0. The number of pyridine rings is 1. The van der Waals surface area contributed by atoms with Crippen molar-refractivity contribution in [2.24, 2.45) is 11.7 Å². The second-order valence-corrected chi connectivity index (χ2v) is 4.90. The van der Waals surface area contributed by atoms with Gasteiger partial charge in [0.1, 0.15) is 0 Å². The topological polar surface area (TPSA) is 56.2 Å². The van der Waals surface area contributed by atoms with E-state index in [-0.39, 0.29) is 6.04 Å². The fourth-order valence-corrected chi connectivity index (χ4v) is 2.00. The summed E-state index contributed by atoms with van der Waals surface area (Å²) in [5, 5.41) is 4.37. The first-order valence-electron chi connectivity index (χ1n) is 5.01. The maximum Gasteiger partial charge on any atom is 0.168 e. The molecule has 1 fully saturated rings. The zero-order valence-electron chi connectivity index (χ0n) is 8.10. The third-order valence-electron chi connectivity index (χ3n) is 2.74. The molecule has 1 unspecified atom stereocenters. The molecule has 1 atom stereocenters. The fraction of sp³-hybridized carbons (Fsp3) is 0.400. The molecule has 1 saturated carbocycles. The van der Waals surface area contributed by atoms with Crippen LogP contribution in [0.1, 0.15) is 24.7 Å². The zero-order chi connectivity index (χ0) is 10.4. The van der Waals surface area contributed by atoms with Crippen LogP contribution in [0.4, 0.5) is 0 Å². The summed E-state index contributed by atoms with van der Waals surface area (Å²) >= 11 is 3.41. The molecule has 5 heteroatoms. The van der Waals surface area contributed by atoms with Gasteiger partial charge in [0.05, 0.1) is 6.04 Å². The predicted molar refractivity (Wildman–Crippen MR) is 60.3 cm³/mol. The van der Waals surface area contributed by atoms with E-state index in [0.29, 0.717) is 5.92 Å². The number of rotatable bonds is 2. The minimum absolute atomic E-state index is 0.00340. The second kappa shape index (κ2) is 3.28. The highest BCUT2D eigenvalue weighted by Gasteiger charge is 2.32. The normalized spacial score (nSPS) is 18.3. The van der Waals surface area contributed by atoms with Crippen LogP contribution in [-0.4, -0.2) is 14.6 Å². The molecule has 0 radical (unpaired) electrons. The lowest BCUT2D eigenvalue weighted by molar-refractivity contribution is 0.593. The van der Waals surface area contributed by atoms with Crippen LogP contribution in [0.3, 0.4) is 0 Å². The Hall–Kier alpha value is -0.940. The smallest absolute Gasteiger partial charge is 0.168 e. The maximum absolute atomic E-state index is 6.05. The van der Waals surface area contributed by atoms with Crippen LogP contribution in [0, 0.1) is 5.92 Å².